The van der Waals surface area contributed by atoms with Crippen LogP contribution in [0, 0.1) is 5.82 Å². The Morgan fingerprint density at radius 3 is 2.57 bits per heavy atom. The first kappa shape index (κ1) is 13.9. The number of benzene rings is 2. The average Bonchev–Trinajstić information content (AvgIpc) is 2.84. The van der Waals surface area contributed by atoms with Crippen LogP contribution in [0.2, 0.25) is 0 Å². The summed E-state index contributed by atoms with van der Waals surface area (Å²) in [6.07, 6.45) is 1.12. The van der Waals surface area contributed by atoms with Crippen molar-refractivity contribution in [2.75, 3.05) is 14.2 Å². The van der Waals surface area contributed by atoms with Crippen LogP contribution in [-0.4, -0.2) is 19.3 Å². The first-order valence-electron chi connectivity index (χ1n) is 6.82. The van der Waals surface area contributed by atoms with Gasteiger partial charge in [-0.2, -0.15) is 0 Å². The van der Waals surface area contributed by atoms with Crippen LogP contribution < -0.4 is 9.47 Å². The molecule has 0 aromatic heterocycles. The van der Waals surface area contributed by atoms with Crippen molar-refractivity contribution in [3.8, 4) is 11.5 Å². The number of rotatable bonds is 3. The lowest BCUT2D eigenvalue weighted by Gasteiger charge is -2.27. The van der Waals surface area contributed by atoms with Gasteiger partial charge in [0.2, 0.25) is 0 Å². The Morgan fingerprint density at radius 1 is 1.05 bits per heavy atom. The van der Waals surface area contributed by atoms with Gasteiger partial charge in [0.1, 0.15) is 22.9 Å². The molecule has 0 amide bonds. The molecule has 1 aliphatic rings. The predicted molar refractivity (Wildman–Crippen MR) is 77.3 cm³/mol. The van der Waals surface area contributed by atoms with Gasteiger partial charge in [-0.05, 0) is 54.3 Å². The molecule has 3 nitrogen and oxygen atoms in total. The molecule has 1 atom stereocenters. The van der Waals surface area contributed by atoms with Gasteiger partial charge >= 0.3 is 0 Å². The number of hydrogen-bond acceptors (Lipinski definition) is 3. The fourth-order valence-corrected chi connectivity index (χ4v) is 3.04. The van der Waals surface area contributed by atoms with E-state index in [0.717, 1.165) is 11.1 Å². The fourth-order valence-electron chi connectivity index (χ4n) is 3.04. The summed E-state index contributed by atoms with van der Waals surface area (Å²) in [5, 5.41) is 11.2. The fraction of sp³-hybridized carbons (Fsp3) is 0.294. The zero-order valence-corrected chi connectivity index (χ0v) is 12.0. The molecule has 110 valence electrons. The normalized spacial score (nSPS) is 20.2. The van der Waals surface area contributed by atoms with Crippen molar-refractivity contribution < 1.29 is 19.0 Å². The summed E-state index contributed by atoms with van der Waals surface area (Å²) in [6, 6.07) is 9.84. The van der Waals surface area contributed by atoms with Crippen LogP contribution in [0.4, 0.5) is 4.39 Å². The lowest BCUT2D eigenvalue weighted by atomic mass is 9.87. The molecule has 1 aliphatic carbocycles. The Morgan fingerprint density at radius 2 is 1.86 bits per heavy atom. The summed E-state index contributed by atoms with van der Waals surface area (Å²) in [5.41, 5.74) is 1.04. The number of hydrogen-bond donors (Lipinski definition) is 1. The molecule has 0 bridgehead atoms. The topological polar surface area (TPSA) is 38.7 Å². The summed E-state index contributed by atoms with van der Waals surface area (Å²) >= 11 is 0. The van der Waals surface area contributed by atoms with Gasteiger partial charge < -0.3 is 14.6 Å². The van der Waals surface area contributed by atoms with Crippen LogP contribution in [0.1, 0.15) is 23.1 Å². The maximum atomic E-state index is 13.4. The Balaban J connectivity index is 2.17. The summed E-state index contributed by atoms with van der Waals surface area (Å²) < 4.78 is 24.0. The van der Waals surface area contributed by atoms with E-state index in [-0.39, 0.29) is 5.82 Å². The number of halogens is 1. The highest BCUT2D eigenvalue weighted by molar-refractivity contribution is 5.52. The van der Waals surface area contributed by atoms with E-state index in [0.29, 0.717) is 29.9 Å². The number of aryl methyl sites for hydroxylation is 1. The molecule has 0 aliphatic heterocycles. The molecule has 1 unspecified atom stereocenters. The van der Waals surface area contributed by atoms with Crippen molar-refractivity contribution in [1.29, 1.82) is 0 Å². The van der Waals surface area contributed by atoms with Crippen LogP contribution >= 0.6 is 0 Å². The summed E-state index contributed by atoms with van der Waals surface area (Å²) in [7, 11) is 3.14. The third-order valence-electron chi connectivity index (χ3n) is 4.12. The van der Waals surface area contributed by atoms with Gasteiger partial charge in [0.05, 0.1) is 14.2 Å². The van der Waals surface area contributed by atoms with E-state index >= 15 is 0 Å². The quantitative estimate of drug-likeness (QED) is 0.943. The third-order valence-corrected chi connectivity index (χ3v) is 4.12. The van der Waals surface area contributed by atoms with E-state index in [1.54, 1.807) is 38.5 Å². The Labute approximate surface area is 122 Å². The number of methoxy groups -OCH3 is 2. The first-order chi connectivity index (χ1) is 10.1. The number of aliphatic hydroxyl groups is 1. The van der Waals surface area contributed by atoms with Crippen LogP contribution in [-0.2, 0) is 12.0 Å². The maximum absolute atomic E-state index is 13.4. The number of fused-ring (bicyclic) bond motifs is 1. The number of ether oxygens (including phenoxy) is 2. The molecule has 4 heteroatoms. The minimum Gasteiger partial charge on any atom is -0.497 e. The Hall–Kier alpha value is -2.07. The molecule has 1 N–H and O–H groups in total. The van der Waals surface area contributed by atoms with Gasteiger partial charge in [0.25, 0.3) is 0 Å². The molecular weight excluding hydrogens is 271 g/mol. The smallest absolute Gasteiger partial charge is 0.125 e. The van der Waals surface area contributed by atoms with Crippen molar-refractivity contribution in [2.24, 2.45) is 0 Å². The molecule has 2 aromatic carbocycles. The van der Waals surface area contributed by atoms with Crippen molar-refractivity contribution in [1.82, 2.24) is 0 Å². The summed E-state index contributed by atoms with van der Waals surface area (Å²) in [5.74, 6) is 0.959. The standard InChI is InChI=1S/C17H17FO3/c1-20-13-4-6-16(21-2)15(10-13)17(19)8-7-11-9-12(18)3-5-14(11)17/h3-6,9-10,19H,7-8H2,1-2H3. The minimum atomic E-state index is -1.18. The van der Waals surface area contributed by atoms with Gasteiger partial charge in [0.15, 0.2) is 0 Å². The zero-order valence-electron chi connectivity index (χ0n) is 12.0. The van der Waals surface area contributed by atoms with E-state index in [1.807, 2.05) is 0 Å². The zero-order chi connectivity index (χ0) is 15.0. The van der Waals surface area contributed by atoms with Crippen molar-refractivity contribution in [3.05, 3.63) is 58.9 Å². The van der Waals surface area contributed by atoms with Gasteiger partial charge in [-0.3, -0.25) is 0 Å². The summed E-state index contributed by atoms with van der Waals surface area (Å²) in [4.78, 5) is 0. The molecular formula is C17H17FO3. The van der Waals surface area contributed by atoms with Crippen molar-refractivity contribution in [2.45, 2.75) is 18.4 Å². The van der Waals surface area contributed by atoms with Gasteiger partial charge in [-0.1, -0.05) is 6.07 Å². The minimum absolute atomic E-state index is 0.282. The first-order valence-corrected chi connectivity index (χ1v) is 6.82. The monoisotopic (exact) mass is 288 g/mol. The van der Waals surface area contributed by atoms with E-state index in [4.69, 9.17) is 9.47 Å². The second kappa shape index (κ2) is 5.04. The van der Waals surface area contributed by atoms with Crippen molar-refractivity contribution >= 4 is 0 Å². The van der Waals surface area contributed by atoms with Gasteiger partial charge in [0, 0.05) is 5.56 Å². The molecule has 21 heavy (non-hydrogen) atoms. The molecule has 0 radical (unpaired) electrons. The molecule has 0 saturated heterocycles. The molecule has 0 saturated carbocycles. The maximum Gasteiger partial charge on any atom is 0.125 e. The Bertz CT molecular complexity index is 684. The molecule has 0 heterocycles. The Kier molecular flexibility index (Phi) is 3.33. The predicted octanol–water partition coefficient (Wildman–Crippen LogP) is 3.03. The lowest BCUT2D eigenvalue weighted by Crippen LogP contribution is -2.24. The van der Waals surface area contributed by atoms with E-state index < -0.39 is 5.60 Å². The van der Waals surface area contributed by atoms with Crippen LogP contribution in [0.3, 0.4) is 0 Å². The van der Waals surface area contributed by atoms with E-state index in [9.17, 15) is 9.50 Å². The molecule has 0 spiro atoms. The van der Waals surface area contributed by atoms with E-state index in [2.05, 4.69) is 0 Å². The van der Waals surface area contributed by atoms with Crippen molar-refractivity contribution in [3.63, 3.8) is 0 Å². The van der Waals surface area contributed by atoms with Crippen LogP contribution in [0.25, 0.3) is 0 Å². The van der Waals surface area contributed by atoms with Gasteiger partial charge in [-0.25, -0.2) is 4.39 Å². The highest BCUT2D eigenvalue weighted by Crippen LogP contribution is 2.46. The second-order valence-electron chi connectivity index (χ2n) is 5.23. The highest BCUT2D eigenvalue weighted by atomic mass is 19.1. The largest absolute Gasteiger partial charge is 0.497 e. The summed E-state index contributed by atoms with van der Waals surface area (Å²) in [6.45, 7) is 0. The van der Waals surface area contributed by atoms with E-state index in [1.165, 1.54) is 12.1 Å². The van der Waals surface area contributed by atoms with Gasteiger partial charge in [-0.15, -0.1) is 0 Å². The highest BCUT2D eigenvalue weighted by Gasteiger charge is 2.40. The molecule has 2 aromatic rings. The third kappa shape index (κ3) is 2.16. The molecule has 0 fully saturated rings. The average molecular weight is 288 g/mol. The van der Waals surface area contributed by atoms with Crippen LogP contribution in [0.15, 0.2) is 36.4 Å². The lowest BCUT2D eigenvalue weighted by molar-refractivity contribution is 0.0797. The second-order valence-corrected chi connectivity index (χ2v) is 5.23. The van der Waals surface area contributed by atoms with Crippen LogP contribution in [0.5, 0.6) is 11.5 Å². The SMILES string of the molecule is COc1ccc(OC)c(C2(O)CCc3cc(F)ccc32)c1. The molecule has 3 rings (SSSR count).